The van der Waals surface area contributed by atoms with Gasteiger partial charge in [0.15, 0.2) is 0 Å². The average Bonchev–Trinajstić information content (AvgIpc) is 2.76. The monoisotopic (exact) mass is 316 g/mol. The average molecular weight is 317 g/mol. The number of nitrogens with one attached hydrogen (secondary N) is 1. The van der Waals surface area contributed by atoms with E-state index in [1.165, 1.54) is 36.4 Å². The molecule has 100 valence electrons. The van der Waals surface area contributed by atoms with Gasteiger partial charge in [0.25, 0.3) is 10.0 Å². The Morgan fingerprint density at radius 1 is 1.26 bits per heavy atom. The van der Waals surface area contributed by atoms with Gasteiger partial charge in [-0.2, -0.15) is 0 Å². The minimum Gasteiger partial charge on any atom is -0.545 e. The largest absolute Gasteiger partial charge is 0.545 e. The number of rotatable bonds is 4. The number of thiophene rings is 1. The molecule has 19 heavy (non-hydrogen) atoms. The summed E-state index contributed by atoms with van der Waals surface area (Å²) in [7, 11) is -3.76. The predicted molar refractivity (Wildman–Crippen MR) is 70.9 cm³/mol. The quantitative estimate of drug-likeness (QED) is 0.927. The third kappa shape index (κ3) is 3.25. The van der Waals surface area contributed by atoms with Gasteiger partial charge in [0, 0.05) is 5.69 Å². The summed E-state index contributed by atoms with van der Waals surface area (Å²) in [5.74, 6) is -1.37. The van der Waals surface area contributed by atoms with Crippen molar-refractivity contribution in [2.75, 3.05) is 4.72 Å². The zero-order chi connectivity index (χ0) is 14.0. The third-order valence-corrected chi connectivity index (χ3v) is 5.27. The molecule has 1 N–H and O–H groups in total. The second-order valence-corrected chi connectivity index (χ2v) is 7.16. The molecule has 0 spiro atoms. The van der Waals surface area contributed by atoms with Crippen LogP contribution < -0.4 is 9.83 Å². The molecule has 5 nitrogen and oxygen atoms in total. The van der Waals surface area contributed by atoms with Crippen LogP contribution in [0.5, 0.6) is 0 Å². The van der Waals surface area contributed by atoms with Crippen molar-refractivity contribution in [1.29, 1.82) is 0 Å². The minimum atomic E-state index is -3.76. The molecule has 0 saturated carbocycles. The molecule has 0 saturated heterocycles. The number of carboxylic acid groups (broad SMARTS) is 1. The van der Waals surface area contributed by atoms with Gasteiger partial charge in [-0.25, -0.2) is 8.42 Å². The highest BCUT2D eigenvalue weighted by Gasteiger charge is 2.16. The fourth-order valence-corrected chi connectivity index (χ4v) is 3.89. The zero-order valence-corrected chi connectivity index (χ0v) is 11.7. The van der Waals surface area contributed by atoms with Crippen LogP contribution in [-0.2, 0) is 10.0 Å². The van der Waals surface area contributed by atoms with Crippen LogP contribution in [0.2, 0.25) is 4.34 Å². The van der Waals surface area contributed by atoms with Crippen LogP contribution in [0.15, 0.2) is 40.6 Å². The minimum absolute atomic E-state index is 0.0522. The van der Waals surface area contributed by atoms with Crippen molar-refractivity contribution in [1.82, 2.24) is 0 Å². The van der Waals surface area contributed by atoms with E-state index in [1.807, 2.05) is 0 Å². The molecule has 0 atom stereocenters. The highest BCUT2D eigenvalue weighted by Crippen LogP contribution is 2.27. The lowest BCUT2D eigenvalue weighted by Crippen LogP contribution is -2.22. The van der Waals surface area contributed by atoms with E-state index >= 15 is 0 Å². The molecular weight excluding hydrogens is 310 g/mol. The van der Waals surface area contributed by atoms with Gasteiger partial charge in [-0.15, -0.1) is 11.3 Å². The van der Waals surface area contributed by atoms with Crippen LogP contribution >= 0.6 is 22.9 Å². The standard InChI is InChI=1S/C11H8ClNO4S2/c12-9-4-5-10(18-9)19(16,17)13-8-3-1-2-7(6-8)11(14)15/h1-6,13H,(H,14,15)/p-1. The van der Waals surface area contributed by atoms with Gasteiger partial charge in [0.2, 0.25) is 0 Å². The van der Waals surface area contributed by atoms with Gasteiger partial charge in [0.05, 0.1) is 10.3 Å². The number of hydrogen-bond acceptors (Lipinski definition) is 5. The van der Waals surface area contributed by atoms with E-state index in [2.05, 4.69) is 4.72 Å². The first-order valence-corrected chi connectivity index (χ1v) is 7.66. The van der Waals surface area contributed by atoms with Crippen molar-refractivity contribution in [3.63, 3.8) is 0 Å². The molecule has 0 bridgehead atoms. The SMILES string of the molecule is O=C([O-])c1cccc(NS(=O)(=O)c2ccc(Cl)s2)c1. The number of halogens is 1. The fourth-order valence-electron chi connectivity index (χ4n) is 1.36. The number of anilines is 1. The maximum Gasteiger partial charge on any atom is 0.271 e. The Morgan fingerprint density at radius 3 is 2.58 bits per heavy atom. The molecule has 1 aromatic carbocycles. The van der Waals surface area contributed by atoms with E-state index < -0.39 is 16.0 Å². The van der Waals surface area contributed by atoms with Gasteiger partial charge in [-0.3, -0.25) is 4.72 Å². The topological polar surface area (TPSA) is 86.3 Å². The summed E-state index contributed by atoms with van der Waals surface area (Å²) < 4.78 is 26.6. The first-order chi connectivity index (χ1) is 8.88. The molecule has 0 amide bonds. The lowest BCUT2D eigenvalue weighted by molar-refractivity contribution is -0.255. The smallest absolute Gasteiger partial charge is 0.271 e. The Morgan fingerprint density at radius 2 is 2.00 bits per heavy atom. The summed E-state index contributed by atoms with van der Waals surface area (Å²) in [6.45, 7) is 0. The van der Waals surface area contributed by atoms with Crippen molar-refractivity contribution in [2.24, 2.45) is 0 Å². The number of sulfonamides is 1. The molecule has 2 aromatic rings. The lowest BCUT2D eigenvalue weighted by atomic mass is 10.2. The molecule has 2 rings (SSSR count). The third-order valence-electron chi connectivity index (χ3n) is 2.16. The van der Waals surface area contributed by atoms with Gasteiger partial charge in [0.1, 0.15) is 4.21 Å². The molecule has 0 aliphatic carbocycles. The van der Waals surface area contributed by atoms with E-state index in [1.54, 1.807) is 0 Å². The van der Waals surface area contributed by atoms with Crippen molar-refractivity contribution in [3.05, 3.63) is 46.3 Å². The number of benzene rings is 1. The van der Waals surface area contributed by atoms with Crippen molar-refractivity contribution >= 4 is 44.6 Å². The van der Waals surface area contributed by atoms with Crippen molar-refractivity contribution in [3.8, 4) is 0 Å². The Hall–Kier alpha value is -1.57. The Balaban J connectivity index is 2.30. The van der Waals surface area contributed by atoms with E-state index in [9.17, 15) is 18.3 Å². The second kappa shape index (κ2) is 5.20. The van der Waals surface area contributed by atoms with E-state index in [0.29, 0.717) is 4.34 Å². The zero-order valence-electron chi connectivity index (χ0n) is 9.29. The Kier molecular flexibility index (Phi) is 3.79. The summed E-state index contributed by atoms with van der Waals surface area (Å²) in [4.78, 5) is 10.7. The van der Waals surface area contributed by atoms with Gasteiger partial charge in [-0.05, 0) is 29.8 Å². The molecule has 1 heterocycles. The summed E-state index contributed by atoms with van der Waals surface area (Å²) in [6, 6.07) is 8.21. The highest BCUT2D eigenvalue weighted by atomic mass is 35.5. The van der Waals surface area contributed by atoms with Crippen LogP contribution in [-0.4, -0.2) is 14.4 Å². The molecule has 0 unspecified atom stereocenters. The van der Waals surface area contributed by atoms with Crippen LogP contribution in [0.4, 0.5) is 5.69 Å². The molecule has 0 fully saturated rings. The molecule has 0 aliphatic heterocycles. The summed E-state index contributed by atoms with van der Waals surface area (Å²) in [5.41, 5.74) is 0.0376. The van der Waals surface area contributed by atoms with Crippen molar-refractivity contribution in [2.45, 2.75) is 4.21 Å². The first kappa shape index (κ1) is 13.9. The van der Waals surface area contributed by atoms with E-state index in [0.717, 1.165) is 11.3 Å². The fraction of sp³-hybridized carbons (Fsp3) is 0. The number of carboxylic acids is 1. The number of aromatic carboxylic acids is 1. The predicted octanol–water partition coefficient (Wildman–Crippen LogP) is 1.57. The number of carbonyl (C=O) groups excluding carboxylic acids is 1. The van der Waals surface area contributed by atoms with Gasteiger partial charge < -0.3 is 9.90 Å². The molecule has 8 heteroatoms. The Bertz CT molecular complexity index is 724. The van der Waals surface area contributed by atoms with Crippen molar-refractivity contribution < 1.29 is 18.3 Å². The molecule has 0 aliphatic rings. The molecule has 0 radical (unpaired) electrons. The van der Waals surface area contributed by atoms with Crippen LogP contribution in [0, 0.1) is 0 Å². The van der Waals surface area contributed by atoms with E-state index in [-0.39, 0.29) is 15.5 Å². The summed E-state index contributed by atoms with van der Waals surface area (Å²) in [6.07, 6.45) is 0. The summed E-state index contributed by atoms with van der Waals surface area (Å²) in [5, 5.41) is 10.7. The van der Waals surface area contributed by atoms with Crippen LogP contribution in [0.3, 0.4) is 0 Å². The number of hydrogen-bond donors (Lipinski definition) is 1. The van der Waals surface area contributed by atoms with Gasteiger partial charge >= 0.3 is 0 Å². The molecule has 1 aromatic heterocycles. The maximum atomic E-state index is 12.0. The van der Waals surface area contributed by atoms with Crippen LogP contribution in [0.25, 0.3) is 0 Å². The maximum absolute atomic E-state index is 12.0. The Labute approximate surface area is 118 Å². The number of carbonyl (C=O) groups is 1. The lowest BCUT2D eigenvalue weighted by Gasteiger charge is -2.08. The van der Waals surface area contributed by atoms with Gasteiger partial charge in [-0.1, -0.05) is 23.7 Å². The normalized spacial score (nSPS) is 11.2. The van der Waals surface area contributed by atoms with Crippen LogP contribution in [0.1, 0.15) is 10.4 Å². The second-order valence-electron chi connectivity index (χ2n) is 3.53. The molecular formula is C11H7ClNO4S2-. The highest BCUT2D eigenvalue weighted by molar-refractivity contribution is 7.94. The summed E-state index contributed by atoms with van der Waals surface area (Å²) >= 11 is 6.59. The van der Waals surface area contributed by atoms with E-state index in [4.69, 9.17) is 11.6 Å². The first-order valence-electron chi connectivity index (χ1n) is 4.98.